The Morgan fingerprint density at radius 2 is 2.06 bits per heavy atom. The standard InChI is InChI=1S/C10H11F3N2O2/c1-5(2)15-8-3-6(9(16)17)7(4-14-8)10(11,12)13/h3-5H,1-2H3,(H,14,15)(H,16,17). The summed E-state index contributed by atoms with van der Waals surface area (Å²) in [4.78, 5) is 14.3. The molecule has 0 spiro atoms. The van der Waals surface area contributed by atoms with Crippen LogP contribution in [0.1, 0.15) is 29.8 Å². The molecule has 1 heterocycles. The minimum Gasteiger partial charge on any atom is -0.478 e. The first-order valence-electron chi connectivity index (χ1n) is 4.79. The van der Waals surface area contributed by atoms with E-state index in [2.05, 4.69) is 10.3 Å². The van der Waals surface area contributed by atoms with Gasteiger partial charge in [0, 0.05) is 12.2 Å². The highest BCUT2D eigenvalue weighted by Crippen LogP contribution is 2.32. The first kappa shape index (κ1) is 13.3. The molecule has 0 aliphatic carbocycles. The molecule has 0 aromatic carbocycles. The highest BCUT2D eigenvalue weighted by atomic mass is 19.4. The number of carboxylic acids is 1. The number of halogens is 3. The second-order valence-corrected chi connectivity index (χ2v) is 3.72. The molecule has 0 fully saturated rings. The number of alkyl halides is 3. The summed E-state index contributed by atoms with van der Waals surface area (Å²) >= 11 is 0. The van der Waals surface area contributed by atoms with Crippen LogP contribution in [0.2, 0.25) is 0 Å². The summed E-state index contributed by atoms with van der Waals surface area (Å²) in [5.74, 6) is -1.53. The Bertz CT molecular complexity index is 430. The highest BCUT2D eigenvalue weighted by molar-refractivity contribution is 5.90. The Balaban J connectivity index is 3.23. The Morgan fingerprint density at radius 1 is 1.47 bits per heavy atom. The average molecular weight is 248 g/mol. The van der Waals surface area contributed by atoms with E-state index >= 15 is 0 Å². The van der Waals surface area contributed by atoms with Crippen molar-refractivity contribution in [2.45, 2.75) is 26.1 Å². The van der Waals surface area contributed by atoms with Gasteiger partial charge in [-0.15, -0.1) is 0 Å². The van der Waals surface area contributed by atoms with Crippen LogP contribution in [0.3, 0.4) is 0 Å². The normalized spacial score (nSPS) is 11.6. The molecule has 1 rings (SSSR count). The molecule has 0 aliphatic rings. The molecule has 0 bridgehead atoms. The number of nitrogens with one attached hydrogen (secondary N) is 1. The number of carboxylic acid groups (broad SMARTS) is 1. The van der Waals surface area contributed by atoms with Crippen LogP contribution in [0.15, 0.2) is 12.3 Å². The predicted octanol–water partition coefficient (Wildman–Crippen LogP) is 2.62. The molecule has 0 aliphatic heterocycles. The summed E-state index contributed by atoms with van der Waals surface area (Å²) in [5.41, 5.74) is -2.06. The van der Waals surface area contributed by atoms with Crippen molar-refractivity contribution in [1.82, 2.24) is 4.98 Å². The zero-order chi connectivity index (χ0) is 13.2. The lowest BCUT2D eigenvalue weighted by Crippen LogP contribution is -2.16. The van der Waals surface area contributed by atoms with Gasteiger partial charge < -0.3 is 10.4 Å². The van der Waals surface area contributed by atoms with Crippen LogP contribution < -0.4 is 5.32 Å². The molecule has 1 aromatic rings. The lowest BCUT2D eigenvalue weighted by molar-refractivity contribution is -0.138. The zero-order valence-electron chi connectivity index (χ0n) is 9.17. The van der Waals surface area contributed by atoms with Crippen LogP contribution in [0.4, 0.5) is 19.0 Å². The third-order valence-corrected chi connectivity index (χ3v) is 1.88. The van der Waals surface area contributed by atoms with E-state index in [0.29, 0.717) is 6.20 Å². The minimum absolute atomic E-state index is 0.0547. The number of hydrogen-bond acceptors (Lipinski definition) is 3. The van der Waals surface area contributed by atoms with E-state index in [-0.39, 0.29) is 11.9 Å². The van der Waals surface area contributed by atoms with Gasteiger partial charge in [-0.2, -0.15) is 13.2 Å². The molecule has 0 unspecified atom stereocenters. The number of pyridine rings is 1. The van der Waals surface area contributed by atoms with Crippen LogP contribution in [-0.4, -0.2) is 22.1 Å². The van der Waals surface area contributed by atoms with Crippen LogP contribution >= 0.6 is 0 Å². The number of carbonyl (C=O) groups is 1. The van der Waals surface area contributed by atoms with Gasteiger partial charge >= 0.3 is 12.1 Å². The summed E-state index contributed by atoms with van der Waals surface area (Å²) in [7, 11) is 0. The molecular formula is C10H11F3N2O2. The van der Waals surface area contributed by atoms with Gasteiger partial charge in [0.05, 0.1) is 11.1 Å². The largest absolute Gasteiger partial charge is 0.478 e. The number of hydrogen-bond donors (Lipinski definition) is 2. The fourth-order valence-electron chi connectivity index (χ4n) is 1.23. The molecule has 2 N–H and O–H groups in total. The van der Waals surface area contributed by atoms with Crippen molar-refractivity contribution in [3.05, 3.63) is 23.4 Å². The summed E-state index contributed by atoms with van der Waals surface area (Å²) < 4.78 is 37.4. The van der Waals surface area contributed by atoms with Crippen molar-refractivity contribution < 1.29 is 23.1 Å². The number of aromatic nitrogens is 1. The smallest absolute Gasteiger partial charge is 0.418 e. The van der Waals surface area contributed by atoms with Crippen LogP contribution in [0.25, 0.3) is 0 Å². The van der Waals surface area contributed by atoms with Gasteiger partial charge in [0.1, 0.15) is 5.82 Å². The predicted molar refractivity (Wildman–Crippen MR) is 55.0 cm³/mol. The van der Waals surface area contributed by atoms with Gasteiger partial charge in [-0.05, 0) is 19.9 Å². The Morgan fingerprint density at radius 3 is 2.47 bits per heavy atom. The second-order valence-electron chi connectivity index (χ2n) is 3.72. The van der Waals surface area contributed by atoms with Crippen LogP contribution in [-0.2, 0) is 6.18 Å². The SMILES string of the molecule is CC(C)Nc1cc(C(=O)O)c(C(F)(F)F)cn1. The van der Waals surface area contributed by atoms with Gasteiger partial charge in [-0.25, -0.2) is 9.78 Å². The summed E-state index contributed by atoms with van der Waals surface area (Å²) in [6.07, 6.45) is -4.20. The third-order valence-electron chi connectivity index (χ3n) is 1.88. The molecule has 0 saturated carbocycles. The van der Waals surface area contributed by atoms with Crippen molar-refractivity contribution in [1.29, 1.82) is 0 Å². The maximum Gasteiger partial charge on any atom is 0.418 e. The lowest BCUT2D eigenvalue weighted by Gasteiger charge is -2.13. The lowest BCUT2D eigenvalue weighted by atomic mass is 10.1. The number of rotatable bonds is 3. The zero-order valence-corrected chi connectivity index (χ0v) is 9.17. The molecule has 0 amide bonds. The van der Waals surface area contributed by atoms with Gasteiger partial charge in [0.25, 0.3) is 0 Å². The molecule has 7 heteroatoms. The Hall–Kier alpha value is -1.79. The Kier molecular flexibility index (Phi) is 3.59. The maximum atomic E-state index is 12.5. The molecule has 0 saturated heterocycles. The van der Waals surface area contributed by atoms with Crippen molar-refractivity contribution >= 4 is 11.8 Å². The number of nitrogens with zero attached hydrogens (tertiary/aromatic N) is 1. The second kappa shape index (κ2) is 4.60. The fraction of sp³-hybridized carbons (Fsp3) is 0.400. The Labute approximate surface area is 95.5 Å². The topological polar surface area (TPSA) is 62.2 Å². The van der Waals surface area contributed by atoms with E-state index in [1.807, 2.05) is 0 Å². The third kappa shape index (κ3) is 3.33. The van der Waals surface area contributed by atoms with E-state index in [4.69, 9.17) is 5.11 Å². The quantitative estimate of drug-likeness (QED) is 0.863. The van der Waals surface area contributed by atoms with Crippen molar-refractivity contribution in [3.8, 4) is 0 Å². The number of aromatic carboxylic acids is 1. The van der Waals surface area contributed by atoms with E-state index in [1.54, 1.807) is 13.8 Å². The van der Waals surface area contributed by atoms with Crippen molar-refractivity contribution in [3.63, 3.8) is 0 Å². The first-order chi connectivity index (χ1) is 7.71. The maximum absolute atomic E-state index is 12.5. The molecule has 94 valence electrons. The molecular weight excluding hydrogens is 237 g/mol. The number of anilines is 1. The van der Waals surface area contributed by atoms with Gasteiger partial charge in [-0.1, -0.05) is 0 Å². The molecule has 0 atom stereocenters. The monoisotopic (exact) mass is 248 g/mol. The highest BCUT2D eigenvalue weighted by Gasteiger charge is 2.36. The summed E-state index contributed by atoms with van der Waals surface area (Å²) in [6, 6.07) is 0.825. The molecule has 4 nitrogen and oxygen atoms in total. The summed E-state index contributed by atoms with van der Waals surface area (Å²) in [5, 5.41) is 11.5. The first-order valence-corrected chi connectivity index (χ1v) is 4.79. The van der Waals surface area contributed by atoms with Gasteiger partial charge in [0.2, 0.25) is 0 Å². The summed E-state index contributed by atoms with van der Waals surface area (Å²) in [6.45, 7) is 3.53. The van der Waals surface area contributed by atoms with Crippen molar-refractivity contribution in [2.24, 2.45) is 0 Å². The molecule has 17 heavy (non-hydrogen) atoms. The van der Waals surface area contributed by atoms with E-state index in [0.717, 1.165) is 6.07 Å². The average Bonchev–Trinajstić information content (AvgIpc) is 2.14. The van der Waals surface area contributed by atoms with E-state index in [9.17, 15) is 18.0 Å². The van der Waals surface area contributed by atoms with Crippen LogP contribution in [0.5, 0.6) is 0 Å². The fourth-order valence-corrected chi connectivity index (χ4v) is 1.23. The van der Waals surface area contributed by atoms with Crippen LogP contribution in [0, 0.1) is 0 Å². The van der Waals surface area contributed by atoms with E-state index < -0.39 is 23.3 Å². The van der Waals surface area contributed by atoms with E-state index in [1.165, 1.54) is 0 Å². The van der Waals surface area contributed by atoms with Gasteiger partial charge in [0.15, 0.2) is 0 Å². The molecule has 1 aromatic heterocycles. The minimum atomic E-state index is -4.73. The van der Waals surface area contributed by atoms with Gasteiger partial charge in [-0.3, -0.25) is 0 Å². The van der Waals surface area contributed by atoms with Crippen molar-refractivity contribution in [2.75, 3.05) is 5.32 Å². The molecule has 0 radical (unpaired) electrons.